The van der Waals surface area contributed by atoms with Gasteiger partial charge in [-0.3, -0.25) is 4.79 Å². The summed E-state index contributed by atoms with van der Waals surface area (Å²) in [6.45, 7) is 0.0689. The van der Waals surface area contributed by atoms with E-state index in [9.17, 15) is 13.2 Å². The van der Waals surface area contributed by atoms with Gasteiger partial charge in [-0.1, -0.05) is 17.7 Å². The van der Waals surface area contributed by atoms with E-state index in [1.807, 2.05) is 0 Å². The lowest BCUT2D eigenvalue weighted by Crippen LogP contribution is -2.41. The van der Waals surface area contributed by atoms with Crippen LogP contribution in [0.5, 0.6) is 0 Å². The van der Waals surface area contributed by atoms with Gasteiger partial charge in [0.2, 0.25) is 10.0 Å². The van der Waals surface area contributed by atoms with Gasteiger partial charge in [0.15, 0.2) is 5.78 Å². The number of sulfonamides is 1. The standard InChI is InChI=1S/C11H11Cl2NO3S/c12-5-2-6-14-7-9(15)11-8(13)3-1-4-10(11)18(14,16)17/h1,3-4H,2,5-7H2. The Kier molecular flexibility index (Phi) is 3.96. The molecule has 0 amide bonds. The Morgan fingerprint density at radius 2 is 2.06 bits per heavy atom. The fraction of sp³-hybridized carbons (Fsp3) is 0.364. The molecule has 98 valence electrons. The predicted octanol–water partition coefficient (Wildman–Crippen LogP) is 2.16. The number of hydrogen-bond donors (Lipinski definition) is 0. The molecule has 18 heavy (non-hydrogen) atoms. The molecule has 1 aromatic rings. The summed E-state index contributed by atoms with van der Waals surface area (Å²) in [7, 11) is -3.64. The van der Waals surface area contributed by atoms with E-state index in [1.54, 1.807) is 0 Å². The van der Waals surface area contributed by atoms with Gasteiger partial charge < -0.3 is 0 Å². The quantitative estimate of drug-likeness (QED) is 0.804. The van der Waals surface area contributed by atoms with Gasteiger partial charge in [-0.2, -0.15) is 4.31 Å². The highest BCUT2D eigenvalue weighted by atomic mass is 35.5. The van der Waals surface area contributed by atoms with Crippen molar-refractivity contribution in [3.05, 3.63) is 28.8 Å². The summed E-state index contributed by atoms with van der Waals surface area (Å²) in [5.74, 6) is 0.0720. The van der Waals surface area contributed by atoms with Crippen molar-refractivity contribution in [2.24, 2.45) is 0 Å². The molecule has 1 heterocycles. The van der Waals surface area contributed by atoms with Crippen molar-refractivity contribution >= 4 is 39.0 Å². The molecule has 0 spiro atoms. The molecule has 1 aliphatic heterocycles. The summed E-state index contributed by atoms with van der Waals surface area (Å²) in [6.07, 6.45) is 0.504. The van der Waals surface area contributed by atoms with Crippen LogP contribution in [-0.2, 0) is 10.0 Å². The Labute approximate surface area is 116 Å². The first kappa shape index (κ1) is 13.8. The Morgan fingerprint density at radius 3 is 2.72 bits per heavy atom. The second-order valence-electron chi connectivity index (χ2n) is 3.92. The number of carbonyl (C=O) groups is 1. The molecule has 1 aromatic carbocycles. The van der Waals surface area contributed by atoms with Crippen molar-refractivity contribution in [1.82, 2.24) is 4.31 Å². The van der Waals surface area contributed by atoms with Crippen LogP contribution in [0.2, 0.25) is 5.02 Å². The first-order valence-corrected chi connectivity index (χ1v) is 7.71. The Balaban J connectivity index is 2.51. The maximum atomic E-state index is 12.3. The predicted molar refractivity (Wildman–Crippen MR) is 69.9 cm³/mol. The van der Waals surface area contributed by atoms with E-state index in [2.05, 4.69) is 0 Å². The zero-order chi connectivity index (χ0) is 13.3. The number of carbonyl (C=O) groups excluding carboxylic acids is 1. The normalized spacial score (nSPS) is 18.7. The minimum absolute atomic E-state index is 0.0131. The van der Waals surface area contributed by atoms with E-state index in [4.69, 9.17) is 23.2 Å². The third kappa shape index (κ3) is 2.28. The summed E-state index contributed by atoms with van der Waals surface area (Å²) < 4.78 is 25.7. The van der Waals surface area contributed by atoms with Gasteiger partial charge in [-0.15, -0.1) is 11.6 Å². The van der Waals surface area contributed by atoms with Gasteiger partial charge >= 0.3 is 0 Å². The third-order valence-electron chi connectivity index (χ3n) is 2.73. The zero-order valence-electron chi connectivity index (χ0n) is 9.40. The summed E-state index contributed by atoms with van der Waals surface area (Å²) >= 11 is 11.4. The number of halogens is 2. The number of rotatable bonds is 3. The highest BCUT2D eigenvalue weighted by molar-refractivity contribution is 7.89. The number of benzene rings is 1. The maximum Gasteiger partial charge on any atom is 0.244 e. The van der Waals surface area contributed by atoms with E-state index in [0.29, 0.717) is 12.3 Å². The molecule has 0 saturated carbocycles. The van der Waals surface area contributed by atoms with E-state index < -0.39 is 10.0 Å². The van der Waals surface area contributed by atoms with Gasteiger partial charge in [-0.25, -0.2) is 8.42 Å². The molecule has 0 fully saturated rings. The molecule has 1 aliphatic rings. The highest BCUT2D eigenvalue weighted by Crippen LogP contribution is 2.31. The number of Topliss-reactive ketones (excluding diaryl/α,β-unsaturated/α-hetero) is 1. The first-order chi connectivity index (χ1) is 8.48. The smallest absolute Gasteiger partial charge is 0.244 e. The molecule has 0 atom stereocenters. The Morgan fingerprint density at radius 1 is 1.33 bits per heavy atom. The zero-order valence-corrected chi connectivity index (χ0v) is 11.7. The summed E-state index contributed by atoms with van der Waals surface area (Å²) in [5.41, 5.74) is 0.0984. The number of alkyl halides is 1. The molecular formula is C11H11Cl2NO3S. The molecule has 0 aliphatic carbocycles. The number of hydrogen-bond acceptors (Lipinski definition) is 3. The highest BCUT2D eigenvalue weighted by Gasteiger charge is 2.36. The second kappa shape index (κ2) is 5.17. The van der Waals surface area contributed by atoms with E-state index in [-0.39, 0.29) is 34.4 Å². The van der Waals surface area contributed by atoms with E-state index in [0.717, 1.165) is 4.31 Å². The average Bonchev–Trinajstić information content (AvgIpc) is 2.32. The van der Waals surface area contributed by atoms with Crippen molar-refractivity contribution in [2.45, 2.75) is 11.3 Å². The Hall–Kier alpha value is -0.620. The fourth-order valence-corrected chi connectivity index (χ4v) is 4.01. The molecular weight excluding hydrogens is 297 g/mol. The van der Waals surface area contributed by atoms with Crippen molar-refractivity contribution in [3.8, 4) is 0 Å². The van der Waals surface area contributed by atoms with Crippen LogP contribution in [0.15, 0.2) is 23.1 Å². The number of ketones is 1. The van der Waals surface area contributed by atoms with E-state index in [1.165, 1.54) is 18.2 Å². The van der Waals surface area contributed by atoms with Crippen LogP contribution in [0.3, 0.4) is 0 Å². The molecule has 0 N–H and O–H groups in total. The average molecular weight is 308 g/mol. The van der Waals surface area contributed by atoms with Crippen LogP contribution in [0.1, 0.15) is 16.8 Å². The van der Waals surface area contributed by atoms with Gasteiger partial charge in [-0.05, 0) is 18.6 Å². The molecule has 4 nitrogen and oxygen atoms in total. The largest absolute Gasteiger partial charge is 0.293 e. The molecule has 0 radical (unpaired) electrons. The molecule has 0 unspecified atom stereocenters. The number of nitrogens with zero attached hydrogens (tertiary/aromatic N) is 1. The van der Waals surface area contributed by atoms with Crippen LogP contribution < -0.4 is 0 Å². The van der Waals surface area contributed by atoms with Crippen LogP contribution in [0, 0.1) is 0 Å². The second-order valence-corrected chi connectivity index (χ2v) is 6.61. The third-order valence-corrected chi connectivity index (χ3v) is 5.20. The lowest BCUT2D eigenvalue weighted by Gasteiger charge is -2.27. The van der Waals surface area contributed by atoms with Crippen LogP contribution in [-0.4, -0.2) is 37.5 Å². The summed E-state index contributed by atoms with van der Waals surface area (Å²) in [6, 6.07) is 4.45. The monoisotopic (exact) mass is 307 g/mol. The fourth-order valence-electron chi connectivity index (χ4n) is 1.89. The number of fused-ring (bicyclic) bond motifs is 1. The van der Waals surface area contributed by atoms with Gasteiger partial charge in [0.25, 0.3) is 0 Å². The van der Waals surface area contributed by atoms with Crippen LogP contribution >= 0.6 is 23.2 Å². The van der Waals surface area contributed by atoms with Crippen LogP contribution in [0.25, 0.3) is 0 Å². The SMILES string of the molecule is O=C1CN(CCCCl)S(=O)(=O)c2cccc(Cl)c21. The maximum absolute atomic E-state index is 12.3. The van der Waals surface area contributed by atoms with Crippen molar-refractivity contribution in [2.75, 3.05) is 19.0 Å². The first-order valence-electron chi connectivity index (χ1n) is 5.36. The van der Waals surface area contributed by atoms with Gasteiger partial charge in [0.1, 0.15) is 0 Å². The van der Waals surface area contributed by atoms with Crippen molar-refractivity contribution in [1.29, 1.82) is 0 Å². The summed E-state index contributed by atoms with van der Waals surface area (Å²) in [4.78, 5) is 11.9. The summed E-state index contributed by atoms with van der Waals surface area (Å²) in [5, 5.41) is 0.179. The minimum Gasteiger partial charge on any atom is -0.293 e. The van der Waals surface area contributed by atoms with Crippen LogP contribution in [0.4, 0.5) is 0 Å². The Bertz CT molecular complexity index is 586. The molecule has 7 heteroatoms. The molecule has 0 bridgehead atoms. The molecule has 0 aromatic heterocycles. The lowest BCUT2D eigenvalue weighted by atomic mass is 10.1. The topological polar surface area (TPSA) is 54.5 Å². The van der Waals surface area contributed by atoms with Gasteiger partial charge in [0, 0.05) is 12.4 Å². The minimum atomic E-state index is -3.64. The lowest BCUT2D eigenvalue weighted by molar-refractivity contribution is 0.0956. The molecule has 2 rings (SSSR count). The van der Waals surface area contributed by atoms with E-state index >= 15 is 0 Å². The molecule has 0 saturated heterocycles. The van der Waals surface area contributed by atoms with Gasteiger partial charge in [0.05, 0.1) is 22.0 Å². The van der Waals surface area contributed by atoms with Crippen molar-refractivity contribution in [3.63, 3.8) is 0 Å². The van der Waals surface area contributed by atoms with Crippen molar-refractivity contribution < 1.29 is 13.2 Å².